The molecule has 0 amide bonds. The molecule has 0 saturated carbocycles. The van der Waals surface area contributed by atoms with Crippen LogP contribution < -0.4 is 5.56 Å². The summed E-state index contributed by atoms with van der Waals surface area (Å²) in [6.45, 7) is 2.40. The quantitative estimate of drug-likeness (QED) is 0.685. The van der Waals surface area contributed by atoms with E-state index in [2.05, 4.69) is 20.9 Å². The molecule has 21 heavy (non-hydrogen) atoms. The Morgan fingerprint density at radius 1 is 1.24 bits per heavy atom. The molecule has 0 aliphatic rings. The van der Waals surface area contributed by atoms with Gasteiger partial charge in [0, 0.05) is 9.50 Å². The van der Waals surface area contributed by atoms with E-state index in [0.29, 0.717) is 22.5 Å². The molecule has 0 saturated heterocycles. The number of nitrogens with zero attached hydrogens (tertiary/aromatic N) is 2. The van der Waals surface area contributed by atoms with Crippen molar-refractivity contribution in [1.82, 2.24) is 9.55 Å². The maximum Gasteiger partial charge on any atom is 0.261 e. The Kier molecular flexibility index (Phi) is 3.83. The minimum absolute atomic E-state index is 0.0656. The van der Waals surface area contributed by atoms with Crippen LogP contribution in [0.1, 0.15) is 11.1 Å². The van der Waals surface area contributed by atoms with Crippen LogP contribution in [0.25, 0.3) is 10.9 Å². The summed E-state index contributed by atoms with van der Waals surface area (Å²) >= 11 is 9.61. The second-order valence-electron chi connectivity index (χ2n) is 4.93. The Balaban J connectivity index is 2.07. The Morgan fingerprint density at radius 2 is 2.05 bits per heavy atom. The highest BCUT2D eigenvalue weighted by atomic mass is 79.9. The molecule has 0 N–H and O–H groups in total. The Morgan fingerprint density at radius 3 is 2.81 bits per heavy atom. The summed E-state index contributed by atoms with van der Waals surface area (Å²) < 4.78 is 2.48. The van der Waals surface area contributed by atoms with Gasteiger partial charge >= 0.3 is 0 Å². The van der Waals surface area contributed by atoms with E-state index >= 15 is 0 Å². The first-order valence-corrected chi connectivity index (χ1v) is 7.61. The first kappa shape index (κ1) is 14.3. The van der Waals surface area contributed by atoms with Crippen LogP contribution >= 0.6 is 27.5 Å². The maximum atomic E-state index is 12.5. The fraction of sp³-hybridized carbons (Fsp3) is 0.125. The van der Waals surface area contributed by atoms with Crippen LogP contribution in [0.4, 0.5) is 0 Å². The molecule has 0 fully saturated rings. The zero-order valence-electron chi connectivity index (χ0n) is 11.3. The van der Waals surface area contributed by atoms with Gasteiger partial charge in [0.05, 0.1) is 23.8 Å². The standard InChI is InChI=1S/C16H12BrClN2O/c1-10-2-3-11(14(18)6-10)8-20-9-19-15-7-12(17)4-5-13(15)16(20)21/h2-7,9H,8H2,1H3. The zero-order valence-corrected chi connectivity index (χ0v) is 13.6. The molecule has 3 rings (SSSR count). The maximum absolute atomic E-state index is 12.5. The van der Waals surface area contributed by atoms with Gasteiger partial charge in [0.2, 0.25) is 0 Å². The average molecular weight is 364 g/mol. The van der Waals surface area contributed by atoms with E-state index in [1.165, 1.54) is 0 Å². The van der Waals surface area contributed by atoms with E-state index in [4.69, 9.17) is 11.6 Å². The van der Waals surface area contributed by atoms with Gasteiger partial charge in [-0.25, -0.2) is 4.98 Å². The summed E-state index contributed by atoms with van der Waals surface area (Å²) in [4.78, 5) is 16.8. The molecule has 0 radical (unpaired) electrons. The van der Waals surface area contributed by atoms with Gasteiger partial charge in [-0.1, -0.05) is 39.7 Å². The first-order valence-electron chi connectivity index (χ1n) is 6.44. The Hall–Kier alpha value is -1.65. The van der Waals surface area contributed by atoms with Crippen LogP contribution in [0.5, 0.6) is 0 Å². The number of benzene rings is 2. The second kappa shape index (κ2) is 5.62. The summed E-state index contributed by atoms with van der Waals surface area (Å²) in [5.74, 6) is 0. The molecule has 3 nitrogen and oxygen atoms in total. The van der Waals surface area contributed by atoms with Crippen molar-refractivity contribution in [3.8, 4) is 0 Å². The number of aryl methyl sites for hydroxylation is 1. The molecule has 1 aromatic heterocycles. The zero-order chi connectivity index (χ0) is 15.0. The minimum Gasteiger partial charge on any atom is -0.294 e. The number of hydrogen-bond donors (Lipinski definition) is 0. The van der Waals surface area contributed by atoms with Gasteiger partial charge in [-0.3, -0.25) is 9.36 Å². The van der Waals surface area contributed by atoms with Gasteiger partial charge in [-0.2, -0.15) is 0 Å². The fourth-order valence-electron chi connectivity index (χ4n) is 2.21. The topological polar surface area (TPSA) is 34.9 Å². The van der Waals surface area contributed by atoms with Crippen molar-refractivity contribution in [2.24, 2.45) is 0 Å². The highest BCUT2D eigenvalue weighted by molar-refractivity contribution is 9.10. The van der Waals surface area contributed by atoms with E-state index in [-0.39, 0.29) is 5.56 Å². The lowest BCUT2D eigenvalue weighted by molar-refractivity contribution is 0.748. The molecule has 2 aromatic carbocycles. The lowest BCUT2D eigenvalue weighted by atomic mass is 10.1. The molecular formula is C16H12BrClN2O. The summed E-state index contributed by atoms with van der Waals surface area (Å²) in [5.41, 5.74) is 2.62. The van der Waals surface area contributed by atoms with Gasteiger partial charge in [-0.05, 0) is 42.3 Å². The summed E-state index contributed by atoms with van der Waals surface area (Å²) in [6.07, 6.45) is 1.56. The van der Waals surface area contributed by atoms with Crippen molar-refractivity contribution in [2.45, 2.75) is 13.5 Å². The molecule has 1 heterocycles. The highest BCUT2D eigenvalue weighted by Gasteiger charge is 2.07. The van der Waals surface area contributed by atoms with E-state index in [1.54, 1.807) is 17.0 Å². The van der Waals surface area contributed by atoms with Gasteiger partial charge in [0.15, 0.2) is 0 Å². The van der Waals surface area contributed by atoms with Crippen LogP contribution in [0.2, 0.25) is 5.02 Å². The predicted molar refractivity (Wildman–Crippen MR) is 89.0 cm³/mol. The predicted octanol–water partition coefficient (Wildman–Crippen LogP) is 4.17. The van der Waals surface area contributed by atoms with Crippen molar-refractivity contribution < 1.29 is 0 Å². The Labute approximate surface area is 135 Å². The summed E-state index contributed by atoms with van der Waals surface area (Å²) in [7, 11) is 0. The lowest BCUT2D eigenvalue weighted by Gasteiger charge is -2.09. The summed E-state index contributed by atoms with van der Waals surface area (Å²) in [5, 5.41) is 1.27. The third-order valence-electron chi connectivity index (χ3n) is 3.34. The van der Waals surface area contributed by atoms with Gasteiger partial charge in [-0.15, -0.1) is 0 Å². The van der Waals surface area contributed by atoms with Gasteiger partial charge < -0.3 is 0 Å². The number of hydrogen-bond acceptors (Lipinski definition) is 2. The number of fused-ring (bicyclic) bond motifs is 1. The SMILES string of the molecule is Cc1ccc(Cn2cnc3cc(Br)ccc3c2=O)c(Cl)c1. The number of aromatic nitrogens is 2. The fourth-order valence-corrected chi connectivity index (χ4v) is 2.85. The molecule has 5 heteroatoms. The third-order valence-corrected chi connectivity index (χ3v) is 4.18. The molecule has 0 bridgehead atoms. The van der Waals surface area contributed by atoms with Crippen LogP contribution in [-0.2, 0) is 6.54 Å². The molecule has 3 aromatic rings. The van der Waals surface area contributed by atoms with Crippen molar-refractivity contribution in [3.63, 3.8) is 0 Å². The largest absolute Gasteiger partial charge is 0.294 e. The number of halogens is 2. The van der Waals surface area contributed by atoms with Crippen molar-refractivity contribution in [2.75, 3.05) is 0 Å². The van der Waals surface area contributed by atoms with Crippen molar-refractivity contribution in [1.29, 1.82) is 0 Å². The van der Waals surface area contributed by atoms with Crippen molar-refractivity contribution in [3.05, 3.63) is 73.7 Å². The smallest absolute Gasteiger partial charge is 0.261 e. The van der Waals surface area contributed by atoms with Crippen molar-refractivity contribution >= 4 is 38.4 Å². The Bertz CT molecular complexity index is 889. The molecule has 0 atom stereocenters. The molecule has 0 aliphatic carbocycles. The molecule has 0 aliphatic heterocycles. The van der Waals surface area contributed by atoms with Crippen LogP contribution in [0.3, 0.4) is 0 Å². The monoisotopic (exact) mass is 362 g/mol. The lowest BCUT2D eigenvalue weighted by Crippen LogP contribution is -2.21. The van der Waals surface area contributed by atoms with Crippen LogP contribution in [0.15, 0.2) is 52.0 Å². The van der Waals surface area contributed by atoms with E-state index in [0.717, 1.165) is 15.6 Å². The van der Waals surface area contributed by atoms with Gasteiger partial charge in [0.25, 0.3) is 5.56 Å². The molecular weight excluding hydrogens is 352 g/mol. The van der Waals surface area contributed by atoms with E-state index < -0.39 is 0 Å². The molecule has 106 valence electrons. The van der Waals surface area contributed by atoms with Crippen LogP contribution in [0, 0.1) is 6.92 Å². The van der Waals surface area contributed by atoms with Gasteiger partial charge in [0.1, 0.15) is 0 Å². The highest BCUT2D eigenvalue weighted by Crippen LogP contribution is 2.19. The minimum atomic E-state index is -0.0656. The van der Waals surface area contributed by atoms with E-state index in [9.17, 15) is 4.79 Å². The first-order chi connectivity index (χ1) is 10.0. The second-order valence-corrected chi connectivity index (χ2v) is 6.26. The summed E-state index contributed by atoms with van der Waals surface area (Å²) in [6, 6.07) is 11.3. The number of rotatable bonds is 2. The third kappa shape index (κ3) is 2.87. The molecule has 0 unspecified atom stereocenters. The molecule has 0 spiro atoms. The van der Waals surface area contributed by atoms with Crippen LogP contribution in [-0.4, -0.2) is 9.55 Å². The van der Waals surface area contributed by atoms with E-state index in [1.807, 2.05) is 37.3 Å². The average Bonchev–Trinajstić information content (AvgIpc) is 2.44. The normalized spacial score (nSPS) is 11.0.